The Hall–Kier alpha value is -15.1. The maximum atomic E-state index is 5.53. The van der Waals surface area contributed by atoms with E-state index in [9.17, 15) is 0 Å². The molecule has 1 aliphatic rings. The molecule has 6 heterocycles. The van der Waals surface area contributed by atoms with Crippen molar-refractivity contribution in [2.24, 2.45) is 0 Å². The van der Waals surface area contributed by atoms with Crippen molar-refractivity contribution in [1.82, 2.24) is 39.0 Å². The first-order valence-electron chi connectivity index (χ1n) is 42.3. The topological polar surface area (TPSA) is 87.2 Å². The van der Waals surface area contributed by atoms with Gasteiger partial charge in [-0.2, -0.15) is 10.9 Å². The molecule has 0 spiro atoms. The molecule has 1 atom stereocenters. The van der Waals surface area contributed by atoms with E-state index in [1.54, 1.807) is 0 Å². The number of hydrogen-bond donors (Lipinski definition) is 1. The van der Waals surface area contributed by atoms with Gasteiger partial charge < -0.3 is 9.13 Å². The lowest BCUT2D eigenvalue weighted by atomic mass is 9.93. The second kappa shape index (κ2) is 30.3. The van der Waals surface area contributed by atoms with Gasteiger partial charge in [0.25, 0.3) is 0 Å². The Bertz CT molecular complexity index is 7930. The molecule has 17 aromatic carbocycles. The minimum absolute atomic E-state index is 0.581. The summed E-state index contributed by atoms with van der Waals surface area (Å²) in [6.07, 6.45) is 0. The van der Waals surface area contributed by atoms with Crippen LogP contribution in [0.15, 0.2) is 386 Å². The highest BCUT2D eigenvalue weighted by molar-refractivity contribution is 8.17. The van der Waals surface area contributed by atoms with Crippen molar-refractivity contribution in [2.75, 3.05) is 0 Å². The van der Waals surface area contributed by atoms with Crippen LogP contribution in [0.2, 0.25) is 0 Å². The third-order valence-corrected chi connectivity index (χ3v) is 28.3. The van der Waals surface area contributed by atoms with Crippen LogP contribution in [-0.4, -0.2) is 39.0 Å². The molecular weight excluding hydrogens is 1550 g/mol. The van der Waals surface area contributed by atoms with Crippen LogP contribution < -0.4 is 0 Å². The summed E-state index contributed by atoms with van der Waals surface area (Å²) in [5.74, 6) is 4.43. The molecule has 588 valence electrons. The van der Waals surface area contributed by atoms with Crippen LogP contribution in [0, 0.1) is 34.6 Å². The maximum absolute atomic E-state index is 5.53. The summed E-state index contributed by atoms with van der Waals surface area (Å²) >= 11 is 1.84. The van der Waals surface area contributed by atoms with Crippen LogP contribution >= 0.6 is 22.2 Å². The van der Waals surface area contributed by atoms with Crippen LogP contribution in [0.25, 0.3) is 210 Å². The number of benzene rings is 17. The predicted octanol–water partition coefficient (Wildman–Crippen LogP) is 30.1. The molecule has 23 rings (SSSR count). The van der Waals surface area contributed by atoms with Gasteiger partial charge >= 0.3 is 0 Å². The molecule has 0 saturated carbocycles. The minimum Gasteiger partial charge on any atom is -0.308 e. The zero-order chi connectivity index (χ0) is 82.8. The lowest BCUT2D eigenvalue weighted by Gasteiger charge is -2.20. The van der Waals surface area contributed by atoms with E-state index in [1.807, 2.05) is 59.9 Å². The van der Waals surface area contributed by atoms with Crippen molar-refractivity contribution >= 4 is 86.0 Å². The van der Waals surface area contributed by atoms with E-state index in [0.717, 1.165) is 122 Å². The predicted molar refractivity (Wildman–Crippen MR) is 519 cm³/mol. The van der Waals surface area contributed by atoms with E-state index in [0.29, 0.717) is 34.9 Å². The molecule has 10 heteroatoms. The number of thiophene rings is 1. The van der Waals surface area contributed by atoms with Crippen LogP contribution in [0.3, 0.4) is 0 Å². The van der Waals surface area contributed by atoms with Gasteiger partial charge in [0.15, 0.2) is 34.9 Å². The lowest BCUT2D eigenvalue weighted by Crippen LogP contribution is -2.04. The molecule has 22 aromatic rings. The van der Waals surface area contributed by atoms with E-state index in [4.69, 9.17) is 29.9 Å². The number of aryl methyl sites for hydroxylation is 5. The van der Waals surface area contributed by atoms with Crippen molar-refractivity contribution in [3.8, 4) is 146 Å². The maximum Gasteiger partial charge on any atom is 0.166 e. The highest BCUT2D eigenvalue weighted by atomic mass is 32.2. The zero-order valence-electron chi connectivity index (χ0n) is 68.9. The number of para-hydroxylation sites is 1. The van der Waals surface area contributed by atoms with Gasteiger partial charge in [-0.25, -0.2) is 29.9 Å². The molecule has 0 fully saturated rings. The third kappa shape index (κ3) is 13.1. The fourth-order valence-electron chi connectivity index (χ4n) is 19.2. The molecule has 0 N–H and O–H groups in total. The van der Waals surface area contributed by atoms with Gasteiger partial charge in [0, 0.05) is 91.3 Å². The molecule has 5 aromatic heterocycles. The number of rotatable bonds is 15. The first-order chi connectivity index (χ1) is 60.9. The Balaban J connectivity index is 0.675. The van der Waals surface area contributed by atoms with E-state index < -0.39 is 10.9 Å². The molecule has 0 aliphatic carbocycles. The number of thiol groups is 1. The third-order valence-electron chi connectivity index (χ3n) is 24.5. The van der Waals surface area contributed by atoms with Gasteiger partial charge in [-0.05, 0) is 191 Å². The van der Waals surface area contributed by atoms with Crippen molar-refractivity contribution in [2.45, 2.75) is 50.2 Å². The van der Waals surface area contributed by atoms with Crippen molar-refractivity contribution < 1.29 is 0 Å². The summed E-state index contributed by atoms with van der Waals surface area (Å²) in [6.45, 7) is 11.0. The summed E-state index contributed by atoms with van der Waals surface area (Å²) in [4.78, 5) is 35.3. The first-order valence-corrected chi connectivity index (χ1v) is 44.6. The number of nitrogens with zero attached hydrogens (tertiary/aromatic N) is 8. The summed E-state index contributed by atoms with van der Waals surface area (Å²) in [5, 5.41) is 7.11. The Labute approximate surface area is 725 Å². The van der Waals surface area contributed by atoms with E-state index in [2.05, 4.69) is 371 Å². The fraction of sp³-hybridized carbons (Fsp3) is 0.0526. The van der Waals surface area contributed by atoms with E-state index >= 15 is 0 Å². The van der Waals surface area contributed by atoms with Crippen LogP contribution in [0.4, 0.5) is 0 Å². The molecule has 1 aliphatic heterocycles. The summed E-state index contributed by atoms with van der Waals surface area (Å²) in [7, 11) is -0.912. The number of fused-ring (bicyclic) bond motifs is 12. The van der Waals surface area contributed by atoms with Crippen LogP contribution in [0.5, 0.6) is 0 Å². The number of hydrogen-bond acceptors (Lipinski definition) is 7. The van der Waals surface area contributed by atoms with Gasteiger partial charge in [0.2, 0.25) is 0 Å². The average Bonchev–Trinajstić information content (AvgIpc) is 1.57. The normalized spacial score (nSPS) is 12.8. The Morgan fingerprint density at radius 2 is 0.629 bits per heavy atom. The molecule has 0 amide bonds. The van der Waals surface area contributed by atoms with Gasteiger partial charge in [0.05, 0.1) is 33.4 Å². The Kier molecular flexibility index (Phi) is 18.1. The van der Waals surface area contributed by atoms with Gasteiger partial charge in [0.1, 0.15) is 0 Å². The van der Waals surface area contributed by atoms with Gasteiger partial charge in [-0.15, -0.1) is 11.3 Å². The fourth-order valence-corrected chi connectivity index (χ4v) is 23.0. The van der Waals surface area contributed by atoms with Gasteiger partial charge in [-0.1, -0.05) is 319 Å². The van der Waals surface area contributed by atoms with Crippen molar-refractivity contribution in [3.63, 3.8) is 0 Å². The molecular formula is C114H80N8S2. The minimum atomic E-state index is -0.912. The van der Waals surface area contributed by atoms with E-state index in [1.165, 1.54) is 102 Å². The Morgan fingerprint density at radius 1 is 0.234 bits per heavy atom. The van der Waals surface area contributed by atoms with Gasteiger partial charge in [-0.3, -0.25) is 0 Å². The highest BCUT2D eigenvalue weighted by Gasteiger charge is 2.31. The smallest absolute Gasteiger partial charge is 0.166 e. The molecule has 0 saturated heterocycles. The quantitative estimate of drug-likeness (QED) is 0.103. The zero-order valence-corrected chi connectivity index (χ0v) is 70.6. The average molecular weight is 1630 g/mol. The standard InChI is InChI=1S/C114H80N8S2/c1-69-54-70(2)58-84(57-69)79-45-50-98-93(63-79)94-64-80(46-51-99(94)121(98)100-52-47-82(87-37-24-41-104-107(87)91-35-19-22-40-103(91)123-104)65-95(100)113-117-109(75-26-10-6-11-27-75)115-110(118-113)76-28-12-7-13-29-76)86-61-73(5)56-74(62-86)68-124-105-42-23-20-36-92(105)108-88(38-25-43-106(108)124)83-48-53-101(96(66-83)114-119-111(77-30-14-8-15-31-77)116-112(120-114)78-32-16-9-17-33-78)122-97-39-21-18-34-89(97)90-49-44-81(67-102(90)122)85-59-71(3)55-72(4)60-85/h6-67,124H,68H2,1-5H3. The second-order valence-corrected chi connectivity index (χ2v) is 36.2. The van der Waals surface area contributed by atoms with Crippen LogP contribution in [-0.2, 0) is 5.75 Å². The Morgan fingerprint density at radius 3 is 1.19 bits per heavy atom. The first kappa shape index (κ1) is 74.0. The SMILES string of the molecule is Cc1cc(C)cc(-c2ccc3c(c2)c2cc(-c4cc(C)cc(C[SH]5c6ccccc6-c6c(-c7ccc(-n8c9ccccc9c9ccc(-c%10cc(C)cc(C)c%10)cc98)c(-c8nc(-c9ccccc9)nc(-c9ccccc9)n8)c7)cccc65)c4)ccc2n3-c2ccc(-c3cccc4sc5ccccc5c34)cc2-c2nc(-c3ccccc3)nc(-c3ccccc3)n2)c1. The van der Waals surface area contributed by atoms with E-state index in [-0.39, 0.29) is 0 Å². The van der Waals surface area contributed by atoms with Crippen molar-refractivity contribution in [3.05, 3.63) is 409 Å². The molecule has 0 radical (unpaired) electrons. The largest absolute Gasteiger partial charge is 0.308 e. The molecule has 124 heavy (non-hydrogen) atoms. The molecule has 1 unspecified atom stereocenters. The number of aromatic nitrogens is 8. The molecule has 0 bridgehead atoms. The molecule has 8 nitrogen and oxygen atoms in total. The summed E-state index contributed by atoms with van der Waals surface area (Å²) < 4.78 is 7.40. The monoisotopic (exact) mass is 1620 g/mol. The second-order valence-electron chi connectivity index (χ2n) is 33.0. The van der Waals surface area contributed by atoms with Crippen molar-refractivity contribution in [1.29, 1.82) is 0 Å². The van der Waals surface area contributed by atoms with Crippen LogP contribution in [0.1, 0.15) is 33.4 Å². The lowest BCUT2D eigenvalue weighted by molar-refractivity contribution is 1.06. The highest BCUT2D eigenvalue weighted by Crippen LogP contribution is 2.62. The summed E-state index contributed by atoms with van der Waals surface area (Å²) in [6, 6.07) is 138. The summed E-state index contributed by atoms with van der Waals surface area (Å²) in [5.41, 5.74) is 33.1.